The predicted molar refractivity (Wildman–Crippen MR) is 93.2 cm³/mol. The summed E-state index contributed by atoms with van der Waals surface area (Å²) in [6, 6.07) is 2.09. The third kappa shape index (κ3) is 3.26. The minimum Gasteiger partial charge on any atom is -0.477 e. The number of aryl methyl sites for hydroxylation is 3. The fraction of sp³-hybridized carbons (Fsp3) is 0.444. The molecule has 1 aliphatic rings. The Morgan fingerprint density at radius 3 is 2.80 bits per heavy atom. The van der Waals surface area contributed by atoms with Gasteiger partial charge in [-0.3, -0.25) is 9.36 Å². The van der Waals surface area contributed by atoms with Gasteiger partial charge in [-0.05, 0) is 12.5 Å². The molecule has 1 aliphatic carbocycles. The molecule has 0 amide bonds. The molecule has 25 heavy (non-hydrogen) atoms. The summed E-state index contributed by atoms with van der Waals surface area (Å²) in [5.74, 6) is 2.43. The van der Waals surface area contributed by atoms with Crippen LogP contribution in [-0.4, -0.2) is 36.1 Å². The average Bonchev–Trinajstić information content (AvgIpc) is 3.05. The van der Waals surface area contributed by atoms with E-state index in [-0.39, 0.29) is 0 Å². The molecule has 3 heterocycles. The molecule has 0 unspecified atom stereocenters. The van der Waals surface area contributed by atoms with Crippen LogP contribution in [0.25, 0.3) is 11.1 Å². The second-order valence-corrected chi connectivity index (χ2v) is 6.59. The lowest BCUT2D eigenvalue weighted by Crippen LogP contribution is -2.06. The van der Waals surface area contributed by atoms with Crippen LogP contribution in [0.2, 0.25) is 0 Å². The summed E-state index contributed by atoms with van der Waals surface area (Å²) in [4.78, 5) is 9.00. The third-order valence-electron chi connectivity index (χ3n) is 4.61. The van der Waals surface area contributed by atoms with Gasteiger partial charge in [0.1, 0.15) is 5.82 Å². The fourth-order valence-electron chi connectivity index (χ4n) is 3.05. The van der Waals surface area contributed by atoms with Gasteiger partial charge < -0.3 is 4.74 Å². The molecule has 2 atom stereocenters. The Morgan fingerprint density at radius 2 is 2.12 bits per heavy atom. The molecule has 0 radical (unpaired) electrons. The lowest BCUT2D eigenvalue weighted by molar-refractivity contribution is 0.285. The quantitative estimate of drug-likeness (QED) is 0.690. The van der Waals surface area contributed by atoms with Gasteiger partial charge in [-0.1, -0.05) is 6.92 Å². The Bertz CT molecular complexity index is 883. The average molecular weight is 338 g/mol. The van der Waals surface area contributed by atoms with Gasteiger partial charge in [0.15, 0.2) is 0 Å². The van der Waals surface area contributed by atoms with E-state index in [0.29, 0.717) is 24.3 Å². The SMILES string of the molecule is CCc1ncc(-c2cnn(C)c2)c(OC[C@H]2C[C@@H]2c2ccn(C)n2)n1. The molecule has 0 saturated heterocycles. The van der Waals surface area contributed by atoms with E-state index < -0.39 is 0 Å². The van der Waals surface area contributed by atoms with E-state index in [2.05, 4.69) is 26.2 Å². The van der Waals surface area contributed by atoms with Crippen LogP contribution in [0.3, 0.4) is 0 Å². The highest BCUT2D eigenvalue weighted by Crippen LogP contribution is 2.47. The van der Waals surface area contributed by atoms with Crippen LogP contribution in [-0.2, 0) is 20.5 Å². The maximum absolute atomic E-state index is 6.10. The van der Waals surface area contributed by atoms with Gasteiger partial charge in [0, 0.05) is 56.5 Å². The molecule has 0 bridgehead atoms. The number of nitrogens with zero attached hydrogens (tertiary/aromatic N) is 6. The van der Waals surface area contributed by atoms with Crippen molar-refractivity contribution in [3.05, 3.63) is 42.4 Å². The summed E-state index contributed by atoms with van der Waals surface area (Å²) in [7, 11) is 3.84. The van der Waals surface area contributed by atoms with E-state index in [1.807, 2.05) is 50.5 Å². The second kappa shape index (κ2) is 6.31. The Labute approximate surface area is 146 Å². The first-order valence-electron chi connectivity index (χ1n) is 8.61. The predicted octanol–water partition coefficient (Wildman–Crippen LogP) is 2.36. The molecule has 0 aliphatic heterocycles. The first-order chi connectivity index (χ1) is 12.1. The number of aromatic nitrogens is 6. The highest BCUT2D eigenvalue weighted by atomic mass is 16.5. The van der Waals surface area contributed by atoms with Gasteiger partial charge in [-0.25, -0.2) is 4.98 Å². The maximum Gasteiger partial charge on any atom is 0.224 e. The first-order valence-corrected chi connectivity index (χ1v) is 8.61. The molecule has 7 nitrogen and oxygen atoms in total. The monoisotopic (exact) mass is 338 g/mol. The minimum absolute atomic E-state index is 0.496. The van der Waals surface area contributed by atoms with Crippen molar-refractivity contribution >= 4 is 0 Å². The molecule has 130 valence electrons. The summed E-state index contributed by atoms with van der Waals surface area (Å²) in [6.45, 7) is 2.69. The van der Waals surface area contributed by atoms with Crippen LogP contribution in [0, 0.1) is 5.92 Å². The molecule has 3 aromatic rings. The van der Waals surface area contributed by atoms with E-state index in [0.717, 1.165) is 35.5 Å². The zero-order valence-corrected chi connectivity index (χ0v) is 14.8. The summed E-state index contributed by atoms with van der Waals surface area (Å²) < 4.78 is 9.72. The third-order valence-corrected chi connectivity index (χ3v) is 4.61. The minimum atomic E-state index is 0.496. The van der Waals surface area contributed by atoms with Crippen LogP contribution in [0.5, 0.6) is 5.88 Å². The number of rotatable bonds is 6. The van der Waals surface area contributed by atoms with Crippen LogP contribution in [0.4, 0.5) is 0 Å². The molecular formula is C18H22N6O. The molecule has 3 aromatic heterocycles. The standard InChI is InChI=1S/C18H22N6O/c1-4-17-19-9-15(13-8-20-24(3)10-13)18(21-17)25-11-12-7-14(12)16-5-6-23(2)22-16/h5-6,8-10,12,14H,4,7,11H2,1-3H3/t12-,14+/m1/s1. The molecule has 0 N–H and O–H groups in total. The Kier molecular flexibility index (Phi) is 3.99. The number of hydrogen-bond donors (Lipinski definition) is 0. The van der Waals surface area contributed by atoms with Crippen molar-refractivity contribution in [2.75, 3.05) is 6.61 Å². The molecular weight excluding hydrogens is 316 g/mol. The number of ether oxygens (including phenoxy) is 1. The number of hydrogen-bond acceptors (Lipinski definition) is 5. The highest BCUT2D eigenvalue weighted by Gasteiger charge is 2.40. The zero-order chi connectivity index (χ0) is 17.4. The fourth-order valence-corrected chi connectivity index (χ4v) is 3.05. The molecule has 0 spiro atoms. The van der Waals surface area contributed by atoms with Crippen LogP contribution in [0.15, 0.2) is 30.9 Å². The molecule has 7 heteroatoms. The van der Waals surface area contributed by atoms with Gasteiger partial charge in [0.25, 0.3) is 0 Å². The summed E-state index contributed by atoms with van der Waals surface area (Å²) in [5, 5.41) is 8.73. The van der Waals surface area contributed by atoms with Crippen LogP contribution in [0.1, 0.15) is 30.8 Å². The van der Waals surface area contributed by atoms with E-state index in [4.69, 9.17) is 4.74 Å². The largest absolute Gasteiger partial charge is 0.477 e. The summed E-state index contributed by atoms with van der Waals surface area (Å²) in [6.07, 6.45) is 9.48. The molecule has 1 fully saturated rings. The lowest BCUT2D eigenvalue weighted by Gasteiger charge is -2.10. The van der Waals surface area contributed by atoms with Gasteiger partial charge >= 0.3 is 0 Å². The molecule has 1 saturated carbocycles. The zero-order valence-electron chi connectivity index (χ0n) is 14.8. The molecule has 0 aromatic carbocycles. The molecule has 4 rings (SSSR count). The van der Waals surface area contributed by atoms with Crippen molar-refractivity contribution in [3.8, 4) is 17.0 Å². The summed E-state index contributed by atoms with van der Waals surface area (Å²) >= 11 is 0. The van der Waals surface area contributed by atoms with Gasteiger partial charge in [0.05, 0.1) is 24.1 Å². The van der Waals surface area contributed by atoms with Gasteiger partial charge in [-0.2, -0.15) is 15.2 Å². The van der Waals surface area contributed by atoms with E-state index >= 15 is 0 Å². The van der Waals surface area contributed by atoms with Crippen molar-refractivity contribution in [2.24, 2.45) is 20.0 Å². The van der Waals surface area contributed by atoms with Gasteiger partial charge in [0.2, 0.25) is 5.88 Å². The van der Waals surface area contributed by atoms with Crippen molar-refractivity contribution < 1.29 is 4.74 Å². The highest BCUT2D eigenvalue weighted by molar-refractivity contribution is 5.66. The maximum atomic E-state index is 6.10. The topological polar surface area (TPSA) is 70.7 Å². The van der Waals surface area contributed by atoms with Crippen molar-refractivity contribution in [1.29, 1.82) is 0 Å². The lowest BCUT2D eigenvalue weighted by atomic mass is 10.2. The smallest absolute Gasteiger partial charge is 0.224 e. The normalized spacial score (nSPS) is 19.2. The van der Waals surface area contributed by atoms with Crippen LogP contribution < -0.4 is 4.74 Å². The summed E-state index contributed by atoms with van der Waals surface area (Å²) in [5.41, 5.74) is 3.01. The Hall–Kier alpha value is -2.70. The van der Waals surface area contributed by atoms with Crippen LogP contribution >= 0.6 is 0 Å². The Balaban J connectivity index is 1.50. The van der Waals surface area contributed by atoms with E-state index in [1.165, 1.54) is 0 Å². The van der Waals surface area contributed by atoms with E-state index in [1.54, 1.807) is 4.68 Å². The first kappa shape index (κ1) is 15.8. The van der Waals surface area contributed by atoms with Crippen molar-refractivity contribution in [1.82, 2.24) is 29.5 Å². The van der Waals surface area contributed by atoms with Crippen molar-refractivity contribution in [2.45, 2.75) is 25.7 Å². The van der Waals surface area contributed by atoms with Crippen molar-refractivity contribution in [3.63, 3.8) is 0 Å². The Morgan fingerprint density at radius 1 is 1.24 bits per heavy atom. The second-order valence-electron chi connectivity index (χ2n) is 6.59. The van der Waals surface area contributed by atoms with Gasteiger partial charge in [-0.15, -0.1) is 0 Å². The van der Waals surface area contributed by atoms with E-state index in [9.17, 15) is 0 Å².